The molecule has 1 aliphatic rings. The number of carbonyl (C=O) groups excluding carboxylic acids is 2. The minimum absolute atomic E-state index is 0.0869. The number of carbonyl (C=O) groups is 2. The number of rotatable bonds is 7. The minimum Gasteiger partial charge on any atom is -0.507 e. The van der Waals surface area contributed by atoms with Crippen LogP contribution in [0.5, 0.6) is 5.75 Å². The zero-order chi connectivity index (χ0) is 28.0. The molecular formula is C28H26ClN7O4. The van der Waals surface area contributed by atoms with Gasteiger partial charge < -0.3 is 24.5 Å². The van der Waals surface area contributed by atoms with Gasteiger partial charge in [0.05, 0.1) is 30.7 Å². The number of phenolic OH excluding ortho intramolecular Hbond substituents is 1. The highest BCUT2D eigenvalue weighted by Gasteiger charge is 2.36. The third-order valence-electron chi connectivity index (χ3n) is 7.12. The van der Waals surface area contributed by atoms with Crippen molar-refractivity contribution in [2.24, 2.45) is 0 Å². The fourth-order valence-electron chi connectivity index (χ4n) is 5.22. The molecule has 11 nitrogen and oxygen atoms in total. The molecule has 1 atom stereocenters. The van der Waals surface area contributed by atoms with E-state index < -0.39 is 5.91 Å². The first-order valence-electron chi connectivity index (χ1n) is 12.7. The molecule has 2 amide bonds. The molecule has 40 heavy (non-hydrogen) atoms. The van der Waals surface area contributed by atoms with Gasteiger partial charge in [-0.25, -0.2) is 9.67 Å². The maximum Gasteiger partial charge on any atom is 0.278 e. The van der Waals surface area contributed by atoms with Crippen molar-refractivity contribution in [1.82, 2.24) is 24.4 Å². The highest BCUT2D eigenvalue weighted by Crippen LogP contribution is 2.46. The van der Waals surface area contributed by atoms with E-state index in [1.54, 1.807) is 53.2 Å². The van der Waals surface area contributed by atoms with E-state index in [1.807, 2.05) is 25.1 Å². The van der Waals surface area contributed by atoms with Crippen LogP contribution in [0, 0.1) is 6.92 Å². The van der Waals surface area contributed by atoms with Gasteiger partial charge in [-0.3, -0.25) is 9.59 Å². The first kappa shape index (κ1) is 25.8. The normalized spacial score (nSPS) is 14.7. The van der Waals surface area contributed by atoms with Gasteiger partial charge in [-0.05, 0) is 35.6 Å². The maximum atomic E-state index is 13.7. The van der Waals surface area contributed by atoms with Gasteiger partial charge in [-0.1, -0.05) is 23.4 Å². The van der Waals surface area contributed by atoms with E-state index in [-0.39, 0.29) is 29.0 Å². The number of hydrogen-bond acceptors (Lipinski definition) is 7. The van der Waals surface area contributed by atoms with Crippen LogP contribution in [-0.2, 0) is 11.3 Å². The second-order valence-electron chi connectivity index (χ2n) is 9.72. The summed E-state index contributed by atoms with van der Waals surface area (Å²) in [5, 5.41) is 23.1. The van der Waals surface area contributed by atoms with E-state index in [9.17, 15) is 14.7 Å². The van der Waals surface area contributed by atoms with Gasteiger partial charge in [0.1, 0.15) is 17.1 Å². The second-order valence-corrected chi connectivity index (χ2v) is 10.0. The minimum atomic E-state index is -0.414. The topological polar surface area (TPSA) is 127 Å². The lowest BCUT2D eigenvalue weighted by atomic mass is 9.92. The smallest absolute Gasteiger partial charge is 0.278 e. The molecule has 0 radical (unpaired) electrons. The first-order chi connectivity index (χ1) is 19.4. The number of nitrogens with one attached hydrogen (secondary N) is 1. The summed E-state index contributed by atoms with van der Waals surface area (Å²) in [7, 11) is 1.59. The molecule has 0 fully saturated rings. The summed E-state index contributed by atoms with van der Waals surface area (Å²) in [6.07, 6.45) is 4.84. The van der Waals surface area contributed by atoms with E-state index in [4.69, 9.17) is 16.3 Å². The number of ether oxygens (including phenoxy) is 1. The average Bonchev–Trinajstić information content (AvgIpc) is 3.68. The van der Waals surface area contributed by atoms with Crippen molar-refractivity contribution in [2.45, 2.75) is 19.4 Å². The Morgan fingerprint density at radius 2 is 2.02 bits per heavy atom. The fourth-order valence-corrected chi connectivity index (χ4v) is 5.47. The number of halogens is 1. The summed E-state index contributed by atoms with van der Waals surface area (Å²) in [5.41, 5.74) is 4.05. The monoisotopic (exact) mass is 559 g/mol. The SMILES string of the molecule is COCCn1cc(C(=O)Nc2ccc3nc(C(=O)N4C[C@@H](CCl)c5c4cc(O)c4cccc(C)c54)cn3c2)nn1. The molecule has 2 aromatic carbocycles. The number of methoxy groups -OCH3 is 1. The lowest BCUT2D eigenvalue weighted by Gasteiger charge is -2.17. The van der Waals surface area contributed by atoms with Crippen LogP contribution in [0.3, 0.4) is 0 Å². The van der Waals surface area contributed by atoms with Crippen molar-refractivity contribution in [3.8, 4) is 5.75 Å². The van der Waals surface area contributed by atoms with Crippen LogP contribution >= 0.6 is 11.6 Å². The van der Waals surface area contributed by atoms with Gasteiger partial charge in [-0.2, -0.15) is 0 Å². The Morgan fingerprint density at radius 3 is 2.83 bits per heavy atom. The van der Waals surface area contributed by atoms with Crippen LogP contribution in [0.25, 0.3) is 16.4 Å². The molecule has 0 bridgehead atoms. The quantitative estimate of drug-likeness (QED) is 0.289. The number of pyridine rings is 1. The lowest BCUT2D eigenvalue weighted by molar-refractivity contribution is 0.0982. The largest absolute Gasteiger partial charge is 0.507 e. The van der Waals surface area contributed by atoms with Gasteiger partial charge >= 0.3 is 0 Å². The van der Waals surface area contributed by atoms with Crippen LogP contribution in [0.15, 0.2) is 55.0 Å². The molecule has 0 saturated heterocycles. The molecule has 204 valence electrons. The van der Waals surface area contributed by atoms with Crippen LogP contribution in [0.1, 0.15) is 38.0 Å². The zero-order valence-corrected chi connectivity index (χ0v) is 22.6. The van der Waals surface area contributed by atoms with Crippen LogP contribution in [0.4, 0.5) is 11.4 Å². The third-order valence-corrected chi connectivity index (χ3v) is 7.50. The van der Waals surface area contributed by atoms with Crippen molar-refractivity contribution in [1.29, 1.82) is 0 Å². The average molecular weight is 560 g/mol. The summed E-state index contributed by atoms with van der Waals surface area (Å²) in [5.74, 6) is -0.360. The number of phenols is 1. The summed E-state index contributed by atoms with van der Waals surface area (Å²) in [6.45, 7) is 3.30. The van der Waals surface area contributed by atoms with Crippen LogP contribution < -0.4 is 10.2 Å². The summed E-state index contributed by atoms with van der Waals surface area (Å²) in [4.78, 5) is 32.5. The molecule has 2 N–H and O–H groups in total. The number of aromatic nitrogens is 5. The van der Waals surface area contributed by atoms with Gasteiger partial charge in [0.25, 0.3) is 11.8 Å². The lowest BCUT2D eigenvalue weighted by Crippen LogP contribution is -2.30. The summed E-state index contributed by atoms with van der Waals surface area (Å²) >= 11 is 6.37. The Kier molecular flexibility index (Phi) is 6.60. The number of anilines is 2. The second kappa shape index (κ2) is 10.2. The molecule has 0 unspecified atom stereocenters. The number of aromatic hydroxyl groups is 1. The van der Waals surface area contributed by atoms with Gasteiger partial charge in [0.2, 0.25) is 0 Å². The van der Waals surface area contributed by atoms with Gasteiger partial charge in [0, 0.05) is 49.3 Å². The van der Waals surface area contributed by atoms with Crippen molar-refractivity contribution in [3.05, 3.63) is 77.5 Å². The Labute approximate surface area is 233 Å². The molecule has 4 heterocycles. The van der Waals surface area contributed by atoms with E-state index in [0.717, 1.165) is 21.9 Å². The Morgan fingerprint density at radius 1 is 1.18 bits per heavy atom. The number of hydrogen-bond donors (Lipinski definition) is 2. The highest BCUT2D eigenvalue weighted by molar-refractivity contribution is 6.19. The van der Waals surface area contributed by atoms with Crippen LogP contribution in [0.2, 0.25) is 0 Å². The molecule has 6 rings (SSSR count). The zero-order valence-electron chi connectivity index (χ0n) is 21.8. The van der Waals surface area contributed by atoms with Crippen LogP contribution in [-0.4, -0.2) is 67.4 Å². The predicted octanol–water partition coefficient (Wildman–Crippen LogP) is 3.97. The third kappa shape index (κ3) is 4.42. The predicted molar refractivity (Wildman–Crippen MR) is 151 cm³/mol. The van der Waals surface area contributed by atoms with E-state index in [1.165, 1.54) is 4.68 Å². The molecule has 3 aromatic heterocycles. The molecule has 0 aliphatic carbocycles. The molecule has 12 heteroatoms. The molecule has 0 spiro atoms. The number of benzene rings is 2. The van der Waals surface area contributed by atoms with E-state index >= 15 is 0 Å². The summed E-state index contributed by atoms with van der Waals surface area (Å²) in [6, 6.07) is 10.8. The Hall–Kier alpha value is -4.48. The Balaban J connectivity index is 1.27. The van der Waals surface area contributed by atoms with Gasteiger partial charge in [-0.15, -0.1) is 16.7 Å². The van der Waals surface area contributed by atoms with Crippen molar-refractivity contribution >= 4 is 51.2 Å². The number of aryl methyl sites for hydroxylation is 1. The maximum absolute atomic E-state index is 13.7. The van der Waals surface area contributed by atoms with Crippen molar-refractivity contribution < 1.29 is 19.4 Å². The fraction of sp³-hybridized carbons (Fsp3) is 0.250. The number of nitrogens with zero attached hydrogens (tertiary/aromatic N) is 6. The highest BCUT2D eigenvalue weighted by atomic mass is 35.5. The van der Waals surface area contributed by atoms with Gasteiger partial charge in [0.15, 0.2) is 5.69 Å². The number of alkyl halides is 1. The van der Waals surface area contributed by atoms with Crippen molar-refractivity contribution in [2.75, 3.05) is 36.4 Å². The first-order valence-corrected chi connectivity index (χ1v) is 13.2. The number of amides is 2. The number of imidazole rings is 1. The number of fused-ring (bicyclic) bond motifs is 4. The molecule has 1 aliphatic heterocycles. The molecular weight excluding hydrogens is 534 g/mol. The van der Waals surface area contributed by atoms with E-state index in [2.05, 4.69) is 20.6 Å². The Bertz CT molecular complexity index is 1780. The molecule has 0 saturated carbocycles. The van der Waals surface area contributed by atoms with Crippen molar-refractivity contribution in [3.63, 3.8) is 0 Å². The summed E-state index contributed by atoms with van der Waals surface area (Å²) < 4.78 is 8.23. The standard InChI is InChI=1S/C28H26ClN7O4/c1-16-4-3-5-19-23(37)10-22-26(25(16)19)17(11-29)12-36(22)28(39)21-14-34-13-18(6-7-24(34)31-21)30-27(38)20-15-35(33-32-20)8-9-40-2/h3-7,10,13-15,17,37H,8-9,11-12H2,1-2H3,(H,30,38)/t17-/m1/s1. The molecule has 5 aromatic rings. The van der Waals surface area contributed by atoms with E-state index in [0.29, 0.717) is 42.6 Å².